The van der Waals surface area contributed by atoms with Gasteiger partial charge in [0, 0.05) is 19.3 Å². The van der Waals surface area contributed by atoms with Crippen molar-refractivity contribution in [3.05, 3.63) is 41.9 Å². The molecule has 3 aromatic rings. The molecule has 2 aliphatic carbocycles. The second-order valence-electron chi connectivity index (χ2n) is 9.58. The molecule has 3 aromatic heterocycles. The van der Waals surface area contributed by atoms with Gasteiger partial charge in [0.15, 0.2) is 0 Å². The van der Waals surface area contributed by atoms with Gasteiger partial charge in [-0.25, -0.2) is 4.52 Å². The van der Waals surface area contributed by atoms with E-state index in [1.165, 1.54) is 33.9 Å². The summed E-state index contributed by atoms with van der Waals surface area (Å²) in [5, 5.41) is 11.3. The summed E-state index contributed by atoms with van der Waals surface area (Å²) in [5.41, 5.74) is 6.64. The van der Waals surface area contributed by atoms with Crippen LogP contribution in [0.4, 0.5) is 13.2 Å². The lowest BCUT2D eigenvalue weighted by Crippen LogP contribution is -2.58. The number of nitrogens with two attached hydrogens (primary N) is 1. The number of fused-ring (bicyclic) bond motifs is 1. The molecule has 0 aliphatic heterocycles. The highest BCUT2D eigenvalue weighted by atomic mass is 19.4. The second-order valence-corrected chi connectivity index (χ2v) is 9.58. The molecule has 0 atom stereocenters. The number of primary amides is 1. The molecule has 10 nitrogen and oxygen atoms in total. The SMILES string of the molecule is Cn1cc(C(N)=O)c(OC2CC3(CC(NC(=O)c4cnn5cc(OCCC(F)(F)F)ccc45)C3)C2)n1. The number of aryl methyl sites for hydroxylation is 1. The number of amides is 2. The third-order valence-electron chi connectivity index (χ3n) is 6.74. The summed E-state index contributed by atoms with van der Waals surface area (Å²) >= 11 is 0. The second kappa shape index (κ2) is 8.71. The first kappa shape index (κ1) is 23.9. The number of halogens is 3. The summed E-state index contributed by atoms with van der Waals surface area (Å²) in [5.74, 6) is -0.368. The Morgan fingerprint density at radius 2 is 1.94 bits per heavy atom. The van der Waals surface area contributed by atoms with Crippen LogP contribution in [0.25, 0.3) is 5.52 Å². The monoisotopic (exact) mass is 506 g/mol. The molecule has 2 saturated carbocycles. The highest BCUT2D eigenvalue weighted by molar-refractivity contribution is 6.00. The molecule has 36 heavy (non-hydrogen) atoms. The van der Waals surface area contributed by atoms with E-state index >= 15 is 0 Å². The third kappa shape index (κ3) is 4.82. The molecule has 0 unspecified atom stereocenters. The molecule has 0 saturated heterocycles. The van der Waals surface area contributed by atoms with Crippen LogP contribution in [0.5, 0.6) is 11.6 Å². The number of pyridine rings is 1. The first-order valence-corrected chi connectivity index (χ1v) is 11.5. The maximum atomic E-state index is 12.8. The molecule has 3 N–H and O–H groups in total. The third-order valence-corrected chi connectivity index (χ3v) is 6.74. The summed E-state index contributed by atoms with van der Waals surface area (Å²) in [6, 6.07) is 3.13. The number of carbonyl (C=O) groups excluding carboxylic acids is 2. The summed E-state index contributed by atoms with van der Waals surface area (Å²) in [4.78, 5) is 24.4. The van der Waals surface area contributed by atoms with Crippen LogP contribution in [-0.2, 0) is 7.05 Å². The van der Waals surface area contributed by atoms with Gasteiger partial charge in [-0.3, -0.25) is 14.3 Å². The molecular formula is C23H25F3N6O4. The summed E-state index contributed by atoms with van der Waals surface area (Å²) in [6.07, 6.45) is 2.26. The van der Waals surface area contributed by atoms with Crippen LogP contribution in [0, 0.1) is 5.41 Å². The molecule has 0 radical (unpaired) electrons. The lowest BCUT2D eigenvalue weighted by atomic mass is 9.53. The highest BCUT2D eigenvalue weighted by Crippen LogP contribution is 2.56. The highest BCUT2D eigenvalue weighted by Gasteiger charge is 2.54. The van der Waals surface area contributed by atoms with Crippen molar-refractivity contribution in [1.29, 1.82) is 0 Å². The lowest BCUT2D eigenvalue weighted by molar-refractivity contribution is -0.139. The number of nitrogens with zero attached hydrogens (tertiary/aromatic N) is 4. The van der Waals surface area contributed by atoms with Crippen molar-refractivity contribution in [2.24, 2.45) is 18.2 Å². The Hall–Kier alpha value is -3.77. The number of hydrogen-bond acceptors (Lipinski definition) is 6. The van der Waals surface area contributed by atoms with Crippen molar-refractivity contribution in [3.8, 4) is 11.6 Å². The van der Waals surface area contributed by atoms with Gasteiger partial charge in [-0.15, -0.1) is 5.10 Å². The Morgan fingerprint density at radius 1 is 1.19 bits per heavy atom. The van der Waals surface area contributed by atoms with Crippen LogP contribution in [-0.4, -0.2) is 56.1 Å². The molecule has 2 fully saturated rings. The van der Waals surface area contributed by atoms with Crippen molar-refractivity contribution in [3.63, 3.8) is 0 Å². The fourth-order valence-corrected chi connectivity index (χ4v) is 5.07. The van der Waals surface area contributed by atoms with Crippen LogP contribution in [0.1, 0.15) is 52.8 Å². The number of carbonyl (C=O) groups is 2. The van der Waals surface area contributed by atoms with Crippen LogP contribution in [0.2, 0.25) is 0 Å². The predicted molar refractivity (Wildman–Crippen MR) is 120 cm³/mol. The predicted octanol–water partition coefficient (Wildman–Crippen LogP) is 2.62. The van der Waals surface area contributed by atoms with Crippen molar-refractivity contribution < 1.29 is 32.2 Å². The summed E-state index contributed by atoms with van der Waals surface area (Å²) in [7, 11) is 1.69. The molecule has 0 aromatic carbocycles. The Bertz CT molecular complexity index is 1300. The Balaban J connectivity index is 1.11. The van der Waals surface area contributed by atoms with Gasteiger partial charge in [-0.2, -0.15) is 18.3 Å². The maximum absolute atomic E-state index is 12.8. The largest absolute Gasteiger partial charge is 0.492 e. The minimum atomic E-state index is -4.29. The van der Waals surface area contributed by atoms with Gasteiger partial charge < -0.3 is 20.5 Å². The number of ether oxygens (including phenoxy) is 2. The van der Waals surface area contributed by atoms with Crippen molar-refractivity contribution in [1.82, 2.24) is 24.7 Å². The van der Waals surface area contributed by atoms with Crippen LogP contribution < -0.4 is 20.5 Å². The lowest BCUT2D eigenvalue weighted by Gasteiger charge is -2.57. The molecule has 3 heterocycles. The van der Waals surface area contributed by atoms with E-state index in [2.05, 4.69) is 15.5 Å². The van der Waals surface area contributed by atoms with Gasteiger partial charge in [0.05, 0.1) is 36.5 Å². The quantitative estimate of drug-likeness (QED) is 0.484. The smallest absolute Gasteiger partial charge is 0.392 e. The summed E-state index contributed by atoms with van der Waals surface area (Å²) < 4.78 is 50.8. The van der Waals surface area contributed by atoms with E-state index in [1.807, 2.05) is 0 Å². The first-order valence-electron chi connectivity index (χ1n) is 11.5. The van der Waals surface area contributed by atoms with Crippen LogP contribution >= 0.6 is 0 Å². The maximum Gasteiger partial charge on any atom is 0.392 e. The summed E-state index contributed by atoms with van der Waals surface area (Å²) in [6.45, 7) is -0.493. The van der Waals surface area contributed by atoms with Crippen molar-refractivity contribution in [2.75, 3.05) is 6.61 Å². The number of aromatic nitrogens is 4. The molecule has 13 heteroatoms. The van der Waals surface area contributed by atoms with E-state index in [0.717, 1.165) is 25.7 Å². The van der Waals surface area contributed by atoms with Crippen molar-refractivity contribution in [2.45, 2.75) is 50.4 Å². The first-order chi connectivity index (χ1) is 17.0. The molecule has 0 bridgehead atoms. The average molecular weight is 506 g/mol. The van der Waals surface area contributed by atoms with E-state index in [0.29, 0.717) is 11.1 Å². The van der Waals surface area contributed by atoms with Gasteiger partial charge >= 0.3 is 6.18 Å². The van der Waals surface area contributed by atoms with Crippen molar-refractivity contribution >= 4 is 17.3 Å². The molecular weight excluding hydrogens is 481 g/mol. The number of hydrogen-bond donors (Lipinski definition) is 2. The molecule has 1 spiro atoms. The molecule has 192 valence electrons. The number of alkyl halides is 3. The average Bonchev–Trinajstić information content (AvgIpc) is 3.32. The molecule has 2 amide bonds. The van der Waals surface area contributed by atoms with Crippen LogP contribution in [0.15, 0.2) is 30.7 Å². The zero-order valence-corrected chi connectivity index (χ0v) is 19.4. The topological polar surface area (TPSA) is 126 Å². The van der Waals surface area contributed by atoms with E-state index in [4.69, 9.17) is 15.2 Å². The Kier molecular flexibility index (Phi) is 5.80. The number of nitrogens with one attached hydrogen (secondary N) is 1. The van der Waals surface area contributed by atoms with E-state index in [9.17, 15) is 22.8 Å². The fraction of sp³-hybridized carbons (Fsp3) is 0.478. The van der Waals surface area contributed by atoms with Gasteiger partial charge in [-0.1, -0.05) is 0 Å². The van der Waals surface area contributed by atoms with Gasteiger partial charge in [0.25, 0.3) is 11.8 Å². The van der Waals surface area contributed by atoms with Gasteiger partial charge in [0.1, 0.15) is 17.4 Å². The normalized spacial score (nSPS) is 23.2. The fourth-order valence-electron chi connectivity index (χ4n) is 5.07. The van der Waals surface area contributed by atoms with E-state index < -0.39 is 25.1 Å². The van der Waals surface area contributed by atoms with E-state index in [1.54, 1.807) is 13.1 Å². The zero-order valence-electron chi connectivity index (χ0n) is 19.4. The van der Waals surface area contributed by atoms with Gasteiger partial charge in [0.2, 0.25) is 5.88 Å². The minimum Gasteiger partial charge on any atom is -0.492 e. The molecule has 5 rings (SSSR count). The Morgan fingerprint density at radius 3 is 2.64 bits per heavy atom. The standard InChI is InChI=1S/C23H25F3N6O4/c1-31-12-17(19(27)33)21(30-31)36-15-8-22(9-15)6-13(7-22)29-20(34)16-10-28-32-11-14(2-3-18(16)32)35-5-4-23(24,25)26/h2-3,10-13,15H,4-9H2,1H3,(H2,27,33)(H,29,34). The number of rotatable bonds is 8. The molecule has 2 aliphatic rings. The minimum absolute atomic E-state index is 0.0226. The Labute approximate surface area is 203 Å². The van der Waals surface area contributed by atoms with E-state index in [-0.39, 0.29) is 40.7 Å². The van der Waals surface area contributed by atoms with Crippen LogP contribution in [0.3, 0.4) is 0 Å². The zero-order chi connectivity index (χ0) is 25.7. The van der Waals surface area contributed by atoms with Gasteiger partial charge in [-0.05, 0) is 43.2 Å².